The van der Waals surface area contributed by atoms with Crippen molar-refractivity contribution in [3.8, 4) is 0 Å². The number of hydrogen-bond donors (Lipinski definition) is 5. The van der Waals surface area contributed by atoms with Crippen LogP contribution in [0.1, 0.15) is 6.92 Å². The van der Waals surface area contributed by atoms with Gasteiger partial charge in [0, 0.05) is 0 Å². The van der Waals surface area contributed by atoms with E-state index >= 15 is 0 Å². The smallest absolute Gasteiger partial charge is 0.335 e. The molecule has 4 atom stereocenters. The number of carbonyl (C=O) groups is 1. The van der Waals surface area contributed by atoms with E-state index in [1.807, 2.05) is 0 Å². The van der Waals surface area contributed by atoms with Gasteiger partial charge in [-0.15, -0.1) is 0 Å². The van der Waals surface area contributed by atoms with E-state index in [0.29, 0.717) is 0 Å². The topological polar surface area (TPSA) is 118 Å². The van der Waals surface area contributed by atoms with Crippen LogP contribution in [0.25, 0.3) is 0 Å². The van der Waals surface area contributed by atoms with E-state index < -0.39 is 30.4 Å². The molecule has 12 heavy (non-hydrogen) atoms. The highest BCUT2D eigenvalue weighted by Crippen LogP contribution is 2.04. The summed E-state index contributed by atoms with van der Waals surface area (Å²) in [6.07, 6.45) is -6.94. The van der Waals surface area contributed by atoms with Crippen LogP contribution in [0.4, 0.5) is 0 Å². The van der Waals surface area contributed by atoms with Crippen LogP contribution in [-0.2, 0) is 4.79 Å². The highest BCUT2D eigenvalue weighted by atomic mass is 16.4. The number of aliphatic hydroxyl groups is 4. The molecule has 0 fully saturated rings. The summed E-state index contributed by atoms with van der Waals surface area (Å²) in [5, 5.41) is 43.4. The predicted octanol–water partition coefficient (Wildman–Crippen LogP) is -2.47. The third-order valence-corrected chi connectivity index (χ3v) is 1.42. The predicted molar refractivity (Wildman–Crippen MR) is 37.3 cm³/mol. The fourth-order valence-electron chi connectivity index (χ4n) is 0.618. The lowest BCUT2D eigenvalue weighted by Gasteiger charge is -2.21. The average molecular weight is 180 g/mol. The molecule has 0 aliphatic heterocycles. The van der Waals surface area contributed by atoms with E-state index in [9.17, 15) is 4.79 Å². The molecule has 0 aromatic carbocycles. The van der Waals surface area contributed by atoms with E-state index in [-0.39, 0.29) is 0 Å². The highest BCUT2D eigenvalue weighted by Gasteiger charge is 2.32. The van der Waals surface area contributed by atoms with E-state index in [4.69, 9.17) is 25.5 Å². The van der Waals surface area contributed by atoms with Gasteiger partial charge < -0.3 is 25.5 Å². The lowest BCUT2D eigenvalue weighted by atomic mass is 10.0. The Kier molecular flexibility index (Phi) is 4.11. The van der Waals surface area contributed by atoms with E-state index in [2.05, 4.69) is 0 Å². The van der Waals surface area contributed by atoms with Crippen molar-refractivity contribution in [3.63, 3.8) is 0 Å². The fraction of sp³-hybridized carbons (Fsp3) is 0.833. The number of carboxylic acids is 1. The molecule has 72 valence electrons. The van der Waals surface area contributed by atoms with Gasteiger partial charge in [0.05, 0.1) is 6.10 Å². The molecule has 0 spiro atoms. The lowest BCUT2D eigenvalue weighted by Crippen LogP contribution is -2.46. The molecule has 0 unspecified atom stereocenters. The third kappa shape index (κ3) is 2.74. The molecule has 0 bridgehead atoms. The second kappa shape index (κ2) is 4.36. The van der Waals surface area contributed by atoms with Crippen molar-refractivity contribution in [3.05, 3.63) is 0 Å². The van der Waals surface area contributed by atoms with Crippen molar-refractivity contribution in [1.29, 1.82) is 0 Å². The van der Waals surface area contributed by atoms with Crippen molar-refractivity contribution in [2.75, 3.05) is 0 Å². The molecule has 6 nitrogen and oxygen atoms in total. The van der Waals surface area contributed by atoms with E-state index in [1.54, 1.807) is 0 Å². The maximum absolute atomic E-state index is 10.1. The summed E-state index contributed by atoms with van der Waals surface area (Å²) in [5.74, 6) is -1.65. The van der Waals surface area contributed by atoms with Crippen molar-refractivity contribution in [1.82, 2.24) is 0 Å². The SMILES string of the molecule is C[C@H](O)[C@@H](O)[C@H](O)[C@H](O)C(=O)O. The molecule has 0 heterocycles. The first-order valence-corrected chi connectivity index (χ1v) is 3.33. The number of carboxylic acid groups (broad SMARTS) is 1. The molecule has 0 aromatic rings. The average Bonchev–Trinajstić information content (AvgIpc) is 2.00. The van der Waals surface area contributed by atoms with Crippen molar-refractivity contribution in [2.24, 2.45) is 0 Å². The van der Waals surface area contributed by atoms with Gasteiger partial charge in [-0.1, -0.05) is 0 Å². The first-order chi connectivity index (χ1) is 5.37. The summed E-state index contributed by atoms with van der Waals surface area (Å²) in [6, 6.07) is 0. The number of hydrogen-bond acceptors (Lipinski definition) is 5. The van der Waals surface area contributed by atoms with Gasteiger partial charge in [-0.3, -0.25) is 0 Å². The number of rotatable bonds is 4. The van der Waals surface area contributed by atoms with Crippen LogP contribution >= 0.6 is 0 Å². The van der Waals surface area contributed by atoms with Crippen LogP contribution in [-0.4, -0.2) is 55.9 Å². The molecule has 0 aliphatic carbocycles. The summed E-state index contributed by atoms with van der Waals surface area (Å²) < 4.78 is 0. The van der Waals surface area contributed by atoms with Crippen LogP contribution in [0.5, 0.6) is 0 Å². The molecule has 0 aliphatic rings. The van der Waals surface area contributed by atoms with Crippen molar-refractivity contribution < 1.29 is 30.3 Å². The number of aliphatic hydroxyl groups excluding tert-OH is 4. The van der Waals surface area contributed by atoms with Gasteiger partial charge in [0.2, 0.25) is 0 Å². The van der Waals surface area contributed by atoms with Gasteiger partial charge in [-0.25, -0.2) is 4.79 Å². The summed E-state index contributed by atoms with van der Waals surface area (Å²) in [5.41, 5.74) is 0. The first kappa shape index (κ1) is 11.3. The number of aliphatic carboxylic acids is 1. The molecule has 0 saturated carbocycles. The monoisotopic (exact) mass is 180 g/mol. The summed E-state index contributed by atoms with van der Waals surface area (Å²) >= 11 is 0. The molecule has 0 aromatic heterocycles. The molecule has 0 amide bonds. The standard InChI is InChI=1S/C6H12O6/c1-2(7)3(8)4(9)5(10)6(11)12/h2-5,7-10H,1H3,(H,11,12)/t2-,3+,4-,5-/m0/s1. The Hall–Kier alpha value is -0.690. The van der Waals surface area contributed by atoms with Gasteiger partial charge in [0.1, 0.15) is 12.2 Å². The molecule has 5 N–H and O–H groups in total. The summed E-state index contributed by atoms with van der Waals surface area (Å²) in [6.45, 7) is 1.17. The van der Waals surface area contributed by atoms with Gasteiger partial charge in [-0.05, 0) is 6.92 Å². The zero-order chi connectivity index (χ0) is 9.89. The van der Waals surface area contributed by atoms with Gasteiger partial charge in [0.15, 0.2) is 6.10 Å². The van der Waals surface area contributed by atoms with Crippen LogP contribution in [0.2, 0.25) is 0 Å². The van der Waals surface area contributed by atoms with Crippen molar-refractivity contribution in [2.45, 2.75) is 31.3 Å². The minimum absolute atomic E-state index is 1.17. The maximum atomic E-state index is 10.1. The molecular weight excluding hydrogens is 168 g/mol. The summed E-state index contributed by atoms with van der Waals surface area (Å²) in [4.78, 5) is 10.1. The minimum Gasteiger partial charge on any atom is -0.479 e. The van der Waals surface area contributed by atoms with Crippen LogP contribution in [0, 0.1) is 0 Å². The highest BCUT2D eigenvalue weighted by molar-refractivity contribution is 5.72. The maximum Gasteiger partial charge on any atom is 0.335 e. The Bertz CT molecular complexity index is 156. The Morgan fingerprint density at radius 1 is 1.08 bits per heavy atom. The first-order valence-electron chi connectivity index (χ1n) is 3.33. The molecule has 6 heteroatoms. The minimum atomic E-state index is -2.09. The third-order valence-electron chi connectivity index (χ3n) is 1.42. The Balaban J connectivity index is 4.18. The Morgan fingerprint density at radius 3 is 1.75 bits per heavy atom. The van der Waals surface area contributed by atoms with Gasteiger partial charge in [-0.2, -0.15) is 0 Å². The quantitative estimate of drug-likeness (QED) is 0.327. The van der Waals surface area contributed by atoms with Crippen LogP contribution in [0.15, 0.2) is 0 Å². The van der Waals surface area contributed by atoms with E-state index in [1.165, 1.54) is 6.92 Å². The van der Waals surface area contributed by atoms with Gasteiger partial charge in [0.25, 0.3) is 0 Å². The molecule has 0 rings (SSSR count). The second-order valence-electron chi connectivity index (χ2n) is 2.50. The normalized spacial score (nSPS) is 21.1. The second-order valence-corrected chi connectivity index (χ2v) is 2.50. The Labute approximate surface area is 68.7 Å². The van der Waals surface area contributed by atoms with E-state index in [0.717, 1.165) is 0 Å². The molecular formula is C6H12O6. The largest absolute Gasteiger partial charge is 0.479 e. The van der Waals surface area contributed by atoms with Crippen molar-refractivity contribution >= 4 is 5.97 Å². The zero-order valence-electron chi connectivity index (χ0n) is 6.45. The summed E-state index contributed by atoms with van der Waals surface area (Å²) in [7, 11) is 0. The van der Waals surface area contributed by atoms with Crippen LogP contribution in [0.3, 0.4) is 0 Å². The Morgan fingerprint density at radius 2 is 1.50 bits per heavy atom. The fourth-order valence-corrected chi connectivity index (χ4v) is 0.618. The van der Waals surface area contributed by atoms with Crippen LogP contribution < -0.4 is 0 Å². The lowest BCUT2D eigenvalue weighted by molar-refractivity contribution is -0.162. The zero-order valence-corrected chi connectivity index (χ0v) is 6.45. The van der Waals surface area contributed by atoms with Gasteiger partial charge >= 0.3 is 5.97 Å². The molecule has 0 saturated heterocycles. The molecule has 0 radical (unpaired) electrons.